The minimum Gasteiger partial charge on any atom is -0.493 e. The molecule has 0 bridgehead atoms. The van der Waals surface area contributed by atoms with Crippen LogP contribution in [0.3, 0.4) is 0 Å². The highest BCUT2D eigenvalue weighted by molar-refractivity contribution is 5.65. The maximum absolute atomic E-state index is 9.82. The van der Waals surface area contributed by atoms with Crippen molar-refractivity contribution in [3.05, 3.63) is 23.8 Å². The van der Waals surface area contributed by atoms with Crippen LogP contribution in [-0.2, 0) is 16.1 Å². The van der Waals surface area contributed by atoms with Crippen molar-refractivity contribution in [2.45, 2.75) is 20.4 Å². The molecule has 0 aliphatic heterocycles. The third kappa shape index (κ3) is 6.10. The quantitative estimate of drug-likeness (QED) is 0.830. The van der Waals surface area contributed by atoms with E-state index in [1.54, 1.807) is 21.1 Å². The molecule has 0 aliphatic rings. The second-order valence-corrected chi connectivity index (χ2v) is 3.32. The summed E-state index contributed by atoms with van der Waals surface area (Å²) in [7, 11) is 3.22. The van der Waals surface area contributed by atoms with Crippen LogP contribution in [0.5, 0.6) is 11.5 Å². The van der Waals surface area contributed by atoms with Gasteiger partial charge in [0.15, 0.2) is 11.5 Å². The molecule has 0 atom stereocenters. The second kappa shape index (κ2) is 9.30. The van der Waals surface area contributed by atoms with Crippen LogP contribution in [0, 0.1) is 0 Å². The van der Waals surface area contributed by atoms with Crippen LogP contribution >= 0.6 is 0 Å². The fourth-order valence-corrected chi connectivity index (χ4v) is 1.21. The van der Waals surface area contributed by atoms with E-state index in [0.717, 1.165) is 17.1 Å². The van der Waals surface area contributed by atoms with Gasteiger partial charge in [-0.3, -0.25) is 4.79 Å². The number of methoxy groups -OCH3 is 2. The normalized spacial score (nSPS) is 8.94. The minimum absolute atomic E-state index is 0.211. The molecule has 0 saturated carbocycles. The molecule has 0 heterocycles. The number of rotatable bonds is 4. The zero-order chi connectivity index (χ0) is 14.0. The van der Waals surface area contributed by atoms with Gasteiger partial charge in [0.25, 0.3) is 0 Å². The molecular weight excluding hydrogens is 234 g/mol. The lowest BCUT2D eigenvalue weighted by Gasteiger charge is -2.07. The van der Waals surface area contributed by atoms with E-state index in [-0.39, 0.29) is 5.97 Å². The maximum Gasteiger partial charge on any atom is 0.302 e. The van der Waals surface area contributed by atoms with E-state index >= 15 is 0 Å². The second-order valence-electron chi connectivity index (χ2n) is 3.32. The first-order chi connectivity index (χ1) is 8.58. The predicted octanol–water partition coefficient (Wildman–Crippen LogP) is 1.73. The van der Waals surface area contributed by atoms with Crippen molar-refractivity contribution in [1.82, 2.24) is 0 Å². The Morgan fingerprint density at radius 1 is 1.22 bits per heavy atom. The van der Waals surface area contributed by atoms with Crippen molar-refractivity contribution < 1.29 is 19.0 Å². The lowest BCUT2D eigenvalue weighted by Crippen LogP contribution is -1.97. The lowest BCUT2D eigenvalue weighted by atomic mass is 10.2. The van der Waals surface area contributed by atoms with Crippen molar-refractivity contribution in [1.29, 1.82) is 0 Å². The first kappa shape index (κ1) is 16.2. The van der Waals surface area contributed by atoms with Crippen molar-refractivity contribution in [2.75, 3.05) is 20.8 Å². The summed E-state index contributed by atoms with van der Waals surface area (Å²) in [6.45, 7) is 4.17. The van der Waals surface area contributed by atoms with Crippen LogP contribution in [0.1, 0.15) is 19.4 Å². The molecule has 0 saturated heterocycles. The molecule has 1 rings (SSSR count). The topological polar surface area (TPSA) is 70.8 Å². The summed E-state index contributed by atoms with van der Waals surface area (Å²) in [6, 6.07) is 5.64. The van der Waals surface area contributed by atoms with Gasteiger partial charge in [0.1, 0.15) is 0 Å². The largest absolute Gasteiger partial charge is 0.493 e. The fourth-order valence-electron chi connectivity index (χ4n) is 1.21. The molecule has 0 amide bonds. The third-order valence-corrected chi connectivity index (χ3v) is 2.03. The van der Waals surface area contributed by atoms with Gasteiger partial charge in [0.2, 0.25) is 0 Å². The highest BCUT2D eigenvalue weighted by Gasteiger charge is 2.02. The Hall–Kier alpha value is -1.75. The molecule has 1 aromatic rings. The van der Waals surface area contributed by atoms with E-state index in [0.29, 0.717) is 13.2 Å². The molecular formula is C13H21NO4. The number of hydrogen-bond donors (Lipinski definition) is 1. The summed E-state index contributed by atoms with van der Waals surface area (Å²) in [6.07, 6.45) is 0. The SMILES string of the molecule is CCOC(C)=O.COc1ccc(CN)cc1OC. The van der Waals surface area contributed by atoms with E-state index in [1.807, 2.05) is 18.2 Å². The molecule has 0 unspecified atom stereocenters. The number of esters is 1. The molecule has 2 N–H and O–H groups in total. The maximum atomic E-state index is 9.82. The Balaban J connectivity index is 0.000000411. The van der Waals surface area contributed by atoms with E-state index in [9.17, 15) is 4.79 Å². The molecule has 0 aliphatic carbocycles. The number of carbonyl (C=O) groups excluding carboxylic acids is 1. The summed E-state index contributed by atoms with van der Waals surface area (Å²) in [5.41, 5.74) is 6.50. The Kier molecular flexibility index (Phi) is 8.39. The smallest absolute Gasteiger partial charge is 0.302 e. The van der Waals surface area contributed by atoms with Gasteiger partial charge in [-0.25, -0.2) is 0 Å². The number of carbonyl (C=O) groups is 1. The Labute approximate surface area is 108 Å². The lowest BCUT2D eigenvalue weighted by molar-refractivity contribution is -0.140. The van der Waals surface area contributed by atoms with Gasteiger partial charge >= 0.3 is 5.97 Å². The van der Waals surface area contributed by atoms with Gasteiger partial charge in [-0.05, 0) is 24.6 Å². The van der Waals surface area contributed by atoms with Gasteiger partial charge in [-0.2, -0.15) is 0 Å². The molecule has 102 valence electrons. The summed E-state index contributed by atoms with van der Waals surface area (Å²) in [5, 5.41) is 0. The Bertz CT molecular complexity index is 366. The molecule has 1 aromatic carbocycles. The average Bonchev–Trinajstić information content (AvgIpc) is 2.38. The predicted molar refractivity (Wildman–Crippen MR) is 69.7 cm³/mol. The molecule has 5 nitrogen and oxygen atoms in total. The van der Waals surface area contributed by atoms with Crippen LogP contribution in [0.25, 0.3) is 0 Å². The van der Waals surface area contributed by atoms with Crippen LogP contribution < -0.4 is 15.2 Å². The first-order valence-electron chi connectivity index (χ1n) is 5.63. The summed E-state index contributed by atoms with van der Waals surface area (Å²) < 4.78 is 14.6. The van der Waals surface area contributed by atoms with Gasteiger partial charge in [0.05, 0.1) is 20.8 Å². The van der Waals surface area contributed by atoms with Gasteiger partial charge in [0, 0.05) is 13.5 Å². The standard InChI is InChI=1S/C9H13NO2.C4H8O2/c1-11-8-4-3-7(6-10)5-9(8)12-2;1-3-6-4(2)5/h3-5H,6,10H2,1-2H3;3H2,1-2H3. The summed E-state index contributed by atoms with van der Waals surface area (Å²) in [4.78, 5) is 9.82. The van der Waals surface area contributed by atoms with E-state index in [2.05, 4.69) is 4.74 Å². The van der Waals surface area contributed by atoms with Crippen molar-refractivity contribution in [3.8, 4) is 11.5 Å². The molecule has 0 spiro atoms. The van der Waals surface area contributed by atoms with Crippen molar-refractivity contribution in [3.63, 3.8) is 0 Å². The Morgan fingerprint density at radius 3 is 2.17 bits per heavy atom. The summed E-state index contributed by atoms with van der Waals surface area (Å²) in [5.74, 6) is 1.24. The first-order valence-corrected chi connectivity index (χ1v) is 5.63. The number of benzene rings is 1. The number of ether oxygens (including phenoxy) is 3. The van der Waals surface area contributed by atoms with E-state index < -0.39 is 0 Å². The highest BCUT2D eigenvalue weighted by atomic mass is 16.5. The average molecular weight is 255 g/mol. The van der Waals surface area contributed by atoms with Crippen LogP contribution in [-0.4, -0.2) is 26.8 Å². The van der Waals surface area contributed by atoms with Crippen molar-refractivity contribution >= 4 is 5.97 Å². The third-order valence-electron chi connectivity index (χ3n) is 2.03. The number of nitrogens with two attached hydrogens (primary N) is 1. The van der Waals surface area contributed by atoms with Gasteiger partial charge in [-0.15, -0.1) is 0 Å². The monoisotopic (exact) mass is 255 g/mol. The van der Waals surface area contributed by atoms with Gasteiger partial charge in [-0.1, -0.05) is 6.07 Å². The minimum atomic E-state index is -0.211. The number of hydrogen-bond acceptors (Lipinski definition) is 5. The van der Waals surface area contributed by atoms with E-state index in [1.165, 1.54) is 6.92 Å². The molecule has 0 radical (unpaired) electrons. The van der Waals surface area contributed by atoms with Gasteiger partial charge < -0.3 is 19.9 Å². The van der Waals surface area contributed by atoms with Crippen molar-refractivity contribution in [2.24, 2.45) is 5.73 Å². The molecule has 0 fully saturated rings. The molecule has 5 heteroatoms. The van der Waals surface area contributed by atoms with Crippen LogP contribution in [0.4, 0.5) is 0 Å². The zero-order valence-electron chi connectivity index (χ0n) is 11.4. The fraction of sp³-hybridized carbons (Fsp3) is 0.462. The molecule has 0 aromatic heterocycles. The molecule has 18 heavy (non-hydrogen) atoms. The zero-order valence-corrected chi connectivity index (χ0v) is 11.4. The van der Waals surface area contributed by atoms with Crippen LogP contribution in [0.15, 0.2) is 18.2 Å². The highest BCUT2D eigenvalue weighted by Crippen LogP contribution is 2.27. The van der Waals surface area contributed by atoms with E-state index in [4.69, 9.17) is 15.2 Å². The summed E-state index contributed by atoms with van der Waals surface area (Å²) >= 11 is 0. The van der Waals surface area contributed by atoms with Crippen LogP contribution in [0.2, 0.25) is 0 Å². The Morgan fingerprint density at radius 2 is 1.83 bits per heavy atom.